The molecule has 7 rings (SSSR count). The molecule has 0 N–H and O–H groups in total. The molecule has 2 aliphatic rings. The lowest BCUT2D eigenvalue weighted by Gasteiger charge is -2.20. The lowest BCUT2D eigenvalue weighted by Crippen LogP contribution is -2.38. The van der Waals surface area contributed by atoms with Gasteiger partial charge in [0.2, 0.25) is 12.3 Å². The van der Waals surface area contributed by atoms with Crippen LogP contribution in [0.3, 0.4) is 0 Å². The van der Waals surface area contributed by atoms with Crippen molar-refractivity contribution in [3.05, 3.63) is 77.5 Å². The fourth-order valence-corrected chi connectivity index (χ4v) is 5.73. The maximum absolute atomic E-state index is 6.04. The molecule has 0 aliphatic carbocycles. The van der Waals surface area contributed by atoms with Gasteiger partial charge in [0.15, 0.2) is 35.7 Å². The number of pyridine rings is 1. The van der Waals surface area contributed by atoms with Crippen LogP contribution in [0.25, 0.3) is 32.4 Å². The molecule has 0 unspecified atom stereocenters. The number of hydrogen-bond acceptors (Lipinski definition) is 4. The lowest BCUT2D eigenvalue weighted by atomic mass is 9.88. The molecule has 168 valence electrons. The summed E-state index contributed by atoms with van der Waals surface area (Å²) in [6, 6.07) is 19.3. The first-order valence-corrected chi connectivity index (χ1v) is 11.6. The molecule has 0 fully saturated rings. The maximum Gasteiger partial charge on any atom is 0.231 e. The molecule has 0 saturated carbocycles. The predicted octanol–water partition coefficient (Wildman–Crippen LogP) is 5.33. The zero-order valence-corrected chi connectivity index (χ0v) is 19.2. The Hall–Kier alpha value is -3.99. The molecule has 0 bridgehead atoms. The summed E-state index contributed by atoms with van der Waals surface area (Å²) in [5, 5.41) is 5.89. The highest BCUT2D eigenvalue weighted by Crippen LogP contribution is 2.48. The van der Waals surface area contributed by atoms with Gasteiger partial charge in [0.05, 0.1) is 30.4 Å². The van der Waals surface area contributed by atoms with Crippen molar-refractivity contribution < 1.29 is 23.5 Å². The molecule has 34 heavy (non-hydrogen) atoms. The Labute approximate surface area is 197 Å². The maximum atomic E-state index is 6.04. The van der Waals surface area contributed by atoms with E-state index >= 15 is 0 Å². The molecule has 5 nitrogen and oxygen atoms in total. The zero-order chi connectivity index (χ0) is 22.8. The van der Waals surface area contributed by atoms with E-state index < -0.39 is 0 Å². The van der Waals surface area contributed by atoms with E-state index in [1.807, 2.05) is 6.07 Å². The van der Waals surface area contributed by atoms with Crippen LogP contribution in [0.5, 0.6) is 23.0 Å². The molecule has 5 aromatic rings. The second-order valence-electron chi connectivity index (χ2n) is 8.95. The standard InChI is InChI=1S/C29H24NO4/c1-31-23-9-8-20-21-13-19(12-17-6-4-3-5-7-17)26-25-18(14-24-29(26)34-16-33-24)10-11-30(27(21)25)15-22(20)28(23)32-2/h3-9,13-15H,10-12,16H2,1-2H3/q+1. The predicted molar refractivity (Wildman–Crippen MR) is 131 cm³/mol. The smallest absolute Gasteiger partial charge is 0.231 e. The number of ether oxygens (including phenoxy) is 4. The highest BCUT2D eigenvalue weighted by atomic mass is 16.7. The van der Waals surface area contributed by atoms with Gasteiger partial charge >= 0.3 is 0 Å². The summed E-state index contributed by atoms with van der Waals surface area (Å²) in [5.74, 6) is 3.24. The number of benzene rings is 4. The minimum atomic E-state index is 0.269. The highest BCUT2D eigenvalue weighted by Gasteiger charge is 2.31. The molecule has 0 spiro atoms. The van der Waals surface area contributed by atoms with Gasteiger partial charge in [-0.2, -0.15) is 4.57 Å². The molecular weight excluding hydrogens is 426 g/mol. The minimum absolute atomic E-state index is 0.269. The van der Waals surface area contributed by atoms with Crippen molar-refractivity contribution in [1.29, 1.82) is 0 Å². The van der Waals surface area contributed by atoms with Crippen LogP contribution in [0.15, 0.2) is 60.8 Å². The van der Waals surface area contributed by atoms with Crippen molar-refractivity contribution in [1.82, 2.24) is 0 Å². The summed E-state index contributed by atoms with van der Waals surface area (Å²) in [6.45, 7) is 1.16. The lowest BCUT2D eigenvalue weighted by molar-refractivity contribution is -0.670. The van der Waals surface area contributed by atoms with E-state index in [9.17, 15) is 0 Å². The monoisotopic (exact) mass is 450 g/mol. The van der Waals surface area contributed by atoms with Crippen LogP contribution in [0, 0.1) is 0 Å². The second-order valence-corrected chi connectivity index (χ2v) is 8.95. The van der Waals surface area contributed by atoms with Gasteiger partial charge < -0.3 is 18.9 Å². The van der Waals surface area contributed by atoms with E-state index in [1.165, 1.54) is 38.4 Å². The third-order valence-corrected chi connectivity index (χ3v) is 7.18. The molecule has 1 aromatic heterocycles. The van der Waals surface area contributed by atoms with Gasteiger partial charge in [-0.15, -0.1) is 0 Å². The van der Waals surface area contributed by atoms with E-state index in [1.54, 1.807) is 14.2 Å². The van der Waals surface area contributed by atoms with Crippen molar-refractivity contribution in [3.63, 3.8) is 0 Å². The average Bonchev–Trinajstić information content (AvgIpc) is 3.35. The number of rotatable bonds is 4. The zero-order valence-electron chi connectivity index (χ0n) is 19.2. The molecule has 0 atom stereocenters. The first kappa shape index (κ1) is 19.5. The normalized spacial score (nSPS) is 13.8. The van der Waals surface area contributed by atoms with Gasteiger partial charge in [-0.3, -0.25) is 0 Å². The first-order chi connectivity index (χ1) is 16.8. The summed E-state index contributed by atoms with van der Waals surface area (Å²) >= 11 is 0. The van der Waals surface area contributed by atoms with Crippen LogP contribution in [-0.2, 0) is 19.4 Å². The minimum Gasteiger partial charge on any atom is -0.493 e. The highest BCUT2D eigenvalue weighted by molar-refractivity contribution is 6.18. The summed E-state index contributed by atoms with van der Waals surface area (Å²) < 4.78 is 25.7. The quantitative estimate of drug-likeness (QED) is 0.274. The van der Waals surface area contributed by atoms with Gasteiger partial charge in [-0.1, -0.05) is 30.3 Å². The van der Waals surface area contributed by atoms with Crippen LogP contribution >= 0.6 is 0 Å². The third kappa shape index (κ3) is 2.64. The molecular formula is C29H24NO4+. The van der Waals surface area contributed by atoms with Crippen LogP contribution in [0.2, 0.25) is 0 Å². The Morgan fingerprint density at radius 3 is 2.59 bits per heavy atom. The molecule has 0 radical (unpaired) electrons. The number of nitrogens with zero attached hydrogens (tertiary/aromatic N) is 1. The average molecular weight is 451 g/mol. The fourth-order valence-electron chi connectivity index (χ4n) is 5.73. The molecule has 0 amide bonds. The molecule has 3 heterocycles. The van der Waals surface area contributed by atoms with E-state index in [2.05, 4.69) is 59.3 Å². The van der Waals surface area contributed by atoms with Crippen LogP contribution in [-0.4, -0.2) is 21.0 Å². The summed E-state index contributed by atoms with van der Waals surface area (Å²) in [5.41, 5.74) is 5.07. The summed E-state index contributed by atoms with van der Waals surface area (Å²) in [4.78, 5) is 0. The van der Waals surface area contributed by atoms with E-state index in [0.29, 0.717) is 0 Å². The van der Waals surface area contributed by atoms with Gasteiger partial charge in [0.1, 0.15) is 0 Å². The van der Waals surface area contributed by atoms with E-state index in [-0.39, 0.29) is 6.79 Å². The van der Waals surface area contributed by atoms with Gasteiger partial charge in [-0.25, -0.2) is 0 Å². The van der Waals surface area contributed by atoms with Crippen LogP contribution in [0.1, 0.15) is 16.7 Å². The Bertz CT molecular complexity index is 1630. The summed E-state index contributed by atoms with van der Waals surface area (Å²) in [7, 11) is 3.39. The molecule has 4 aromatic carbocycles. The number of aromatic nitrogens is 1. The molecule has 0 saturated heterocycles. The van der Waals surface area contributed by atoms with E-state index in [0.717, 1.165) is 53.2 Å². The van der Waals surface area contributed by atoms with Crippen molar-refractivity contribution in [2.24, 2.45) is 0 Å². The third-order valence-electron chi connectivity index (χ3n) is 7.18. The summed E-state index contributed by atoms with van der Waals surface area (Å²) in [6.07, 6.45) is 3.96. The van der Waals surface area contributed by atoms with Crippen LogP contribution < -0.4 is 23.5 Å². The SMILES string of the molecule is COc1ccc2c(c[n+]3c4c2cc(Cc2ccccc2)c2c5c(cc(c24)CC3)OCO5)c1OC. The molecule has 2 aliphatic heterocycles. The largest absolute Gasteiger partial charge is 0.493 e. The van der Waals surface area contributed by atoms with E-state index in [4.69, 9.17) is 18.9 Å². The fraction of sp³-hybridized carbons (Fsp3) is 0.207. The van der Waals surface area contributed by atoms with Crippen molar-refractivity contribution >= 4 is 32.4 Å². The van der Waals surface area contributed by atoms with Crippen molar-refractivity contribution in [2.45, 2.75) is 19.4 Å². The Balaban J connectivity index is 1.66. The molecule has 5 heteroatoms. The number of hydrogen-bond donors (Lipinski definition) is 0. The Morgan fingerprint density at radius 2 is 1.76 bits per heavy atom. The van der Waals surface area contributed by atoms with Gasteiger partial charge in [0.25, 0.3) is 0 Å². The number of aryl methyl sites for hydroxylation is 2. The van der Waals surface area contributed by atoms with Crippen molar-refractivity contribution in [2.75, 3.05) is 21.0 Å². The number of methoxy groups -OCH3 is 2. The van der Waals surface area contributed by atoms with Crippen LogP contribution in [0.4, 0.5) is 0 Å². The Kier molecular flexibility index (Phi) is 4.16. The van der Waals surface area contributed by atoms with Gasteiger partial charge in [0, 0.05) is 17.2 Å². The Morgan fingerprint density at radius 1 is 0.882 bits per heavy atom. The van der Waals surface area contributed by atoms with Crippen molar-refractivity contribution in [3.8, 4) is 23.0 Å². The topological polar surface area (TPSA) is 40.8 Å². The second kappa shape index (κ2) is 7.26. The number of fused-ring (bicyclic) bond motifs is 4. The van der Waals surface area contributed by atoms with Gasteiger partial charge in [-0.05, 0) is 47.4 Å². The first-order valence-electron chi connectivity index (χ1n) is 11.6.